The molecule has 0 spiro atoms. The summed E-state index contributed by atoms with van der Waals surface area (Å²) in [5.74, 6) is 0.749. The quantitative estimate of drug-likeness (QED) is 0.311. The molecule has 0 unspecified atom stereocenters. The minimum atomic E-state index is -0.759. The number of aryl methyl sites for hydroxylation is 1. The summed E-state index contributed by atoms with van der Waals surface area (Å²) in [5, 5.41) is 2.33. The second kappa shape index (κ2) is 9.82. The van der Waals surface area contributed by atoms with Gasteiger partial charge in [-0.1, -0.05) is 30.3 Å². The third-order valence-corrected chi connectivity index (χ3v) is 9.90. The standard InChI is InChI=1S/C34H34N4O4/c1-20-12-26(21(2)38(20)36-30(39)25-6-4-3-5-7-25)16-29-31(40)35-33(42)37(32(29)41)28-10-8-27(9-11-28)34-17-22-13-23(18-34)15-24(14-22)19-34/h3-12,16,22-24H,13-15,17-19H2,1-2H3,(H,36,39)(H,35,40,42)/b29-16+. The average Bonchev–Trinajstić information content (AvgIpc) is 3.22. The number of amides is 5. The number of benzene rings is 2. The molecule has 0 radical (unpaired) electrons. The molecule has 3 aromatic rings. The Morgan fingerprint density at radius 1 is 0.905 bits per heavy atom. The number of carbonyl (C=O) groups is 4. The first-order valence-corrected chi connectivity index (χ1v) is 14.8. The molecule has 5 amide bonds. The predicted octanol–water partition coefficient (Wildman–Crippen LogP) is 5.62. The van der Waals surface area contributed by atoms with E-state index in [1.54, 1.807) is 41.9 Å². The third kappa shape index (κ3) is 4.37. The van der Waals surface area contributed by atoms with Gasteiger partial charge in [-0.3, -0.25) is 29.8 Å². The molecule has 1 aromatic heterocycles. The van der Waals surface area contributed by atoms with Gasteiger partial charge in [0.2, 0.25) is 0 Å². The molecule has 8 heteroatoms. The second-order valence-electron chi connectivity index (χ2n) is 12.7. The van der Waals surface area contributed by atoms with Crippen molar-refractivity contribution >= 4 is 35.5 Å². The Balaban J connectivity index is 1.15. The Bertz CT molecular complexity index is 1620. The van der Waals surface area contributed by atoms with Crippen molar-refractivity contribution in [1.29, 1.82) is 0 Å². The first kappa shape index (κ1) is 26.4. The van der Waals surface area contributed by atoms with Crippen LogP contribution in [0.3, 0.4) is 0 Å². The number of imide groups is 2. The van der Waals surface area contributed by atoms with Crippen LogP contribution in [-0.2, 0) is 15.0 Å². The van der Waals surface area contributed by atoms with E-state index in [1.165, 1.54) is 50.2 Å². The molecule has 5 fully saturated rings. The molecule has 2 N–H and O–H groups in total. The van der Waals surface area contributed by atoms with Crippen LogP contribution in [0.2, 0.25) is 0 Å². The maximum atomic E-state index is 13.6. The Hall–Kier alpha value is -4.46. The van der Waals surface area contributed by atoms with Gasteiger partial charge < -0.3 is 0 Å². The summed E-state index contributed by atoms with van der Waals surface area (Å²) in [6.07, 6.45) is 9.27. The number of barbiturate groups is 1. The van der Waals surface area contributed by atoms with E-state index < -0.39 is 17.8 Å². The fourth-order valence-corrected chi connectivity index (χ4v) is 8.34. The summed E-state index contributed by atoms with van der Waals surface area (Å²) in [5.41, 5.74) is 7.13. The van der Waals surface area contributed by atoms with Crippen molar-refractivity contribution in [2.75, 3.05) is 10.3 Å². The van der Waals surface area contributed by atoms with Crippen molar-refractivity contribution in [3.63, 3.8) is 0 Å². The van der Waals surface area contributed by atoms with Crippen LogP contribution < -0.4 is 15.6 Å². The minimum absolute atomic E-state index is 0.144. The maximum Gasteiger partial charge on any atom is 0.335 e. The number of urea groups is 1. The number of nitrogens with one attached hydrogen (secondary N) is 2. The zero-order valence-corrected chi connectivity index (χ0v) is 23.9. The molecular formula is C34H34N4O4. The van der Waals surface area contributed by atoms with E-state index >= 15 is 0 Å². The highest BCUT2D eigenvalue weighted by molar-refractivity contribution is 6.39. The van der Waals surface area contributed by atoms with Gasteiger partial charge in [0, 0.05) is 17.0 Å². The number of aromatic nitrogens is 1. The van der Waals surface area contributed by atoms with Crippen LogP contribution in [-0.4, -0.2) is 28.4 Å². The van der Waals surface area contributed by atoms with E-state index in [9.17, 15) is 19.2 Å². The van der Waals surface area contributed by atoms with Crippen LogP contribution in [0.4, 0.5) is 10.5 Å². The summed E-state index contributed by atoms with van der Waals surface area (Å²) >= 11 is 0. The number of hydrogen-bond acceptors (Lipinski definition) is 4. The fourth-order valence-electron chi connectivity index (χ4n) is 8.34. The van der Waals surface area contributed by atoms with Crippen molar-refractivity contribution in [2.45, 2.75) is 57.8 Å². The van der Waals surface area contributed by atoms with Crippen LogP contribution in [0.1, 0.15) is 71.4 Å². The summed E-state index contributed by atoms with van der Waals surface area (Å²) in [6.45, 7) is 3.62. The van der Waals surface area contributed by atoms with Crippen molar-refractivity contribution in [3.8, 4) is 0 Å². The first-order valence-electron chi connectivity index (χ1n) is 14.8. The molecule has 4 bridgehead atoms. The Morgan fingerprint density at radius 2 is 1.52 bits per heavy atom. The van der Waals surface area contributed by atoms with Gasteiger partial charge in [-0.2, -0.15) is 0 Å². The lowest BCUT2D eigenvalue weighted by atomic mass is 9.48. The van der Waals surface area contributed by atoms with Gasteiger partial charge in [-0.15, -0.1) is 0 Å². The van der Waals surface area contributed by atoms with E-state index in [-0.39, 0.29) is 16.9 Å². The van der Waals surface area contributed by atoms with Crippen LogP contribution in [0, 0.1) is 31.6 Å². The summed E-state index contributed by atoms with van der Waals surface area (Å²) in [7, 11) is 0. The highest BCUT2D eigenvalue weighted by atomic mass is 16.2. The molecule has 5 aliphatic rings. The van der Waals surface area contributed by atoms with Gasteiger partial charge in [-0.25, -0.2) is 9.69 Å². The van der Waals surface area contributed by atoms with Gasteiger partial charge in [0.05, 0.1) is 5.69 Å². The van der Waals surface area contributed by atoms with Gasteiger partial charge in [-0.05, 0) is 123 Å². The molecule has 4 saturated carbocycles. The molecule has 42 heavy (non-hydrogen) atoms. The van der Waals surface area contributed by atoms with Gasteiger partial charge >= 0.3 is 6.03 Å². The molecule has 2 aromatic carbocycles. The molecule has 2 heterocycles. The first-order chi connectivity index (χ1) is 20.2. The monoisotopic (exact) mass is 562 g/mol. The summed E-state index contributed by atoms with van der Waals surface area (Å²) < 4.78 is 1.62. The van der Waals surface area contributed by atoms with Crippen molar-refractivity contribution < 1.29 is 19.2 Å². The Kier molecular flexibility index (Phi) is 6.18. The Morgan fingerprint density at radius 3 is 2.14 bits per heavy atom. The molecule has 4 aliphatic carbocycles. The van der Waals surface area contributed by atoms with Crippen molar-refractivity contribution in [3.05, 3.63) is 94.3 Å². The second-order valence-corrected chi connectivity index (χ2v) is 12.7. The van der Waals surface area contributed by atoms with E-state index in [1.807, 2.05) is 25.1 Å². The molecule has 0 atom stereocenters. The van der Waals surface area contributed by atoms with Crippen molar-refractivity contribution in [2.24, 2.45) is 17.8 Å². The van der Waals surface area contributed by atoms with Crippen LogP contribution in [0.25, 0.3) is 6.08 Å². The van der Waals surface area contributed by atoms with Crippen molar-refractivity contribution in [1.82, 2.24) is 9.99 Å². The largest absolute Gasteiger partial charge is 0.335 e. The topological polar surface area (TPSA) is 101 Å². The number of rotatable bonds is 5. The summed E-state index contributed by atoms with van der Waals surface area (Å²) in [4.78, 5) is 53.2. The average molecular weight is 563 g/mol. The lowest BCUT2D eigenvalue weighted by Crippen LogP contribution is -2.54. The molecule has 8 nitrogen and oxygen atoms in total. The fraction of sp³-hybridized carbons (Fsp3) is 0.353. The smallest absolute Gasteiger partial charge is 0.273 e. The molecular weight excluding hydrogens is 528 g/mol. The minimum Gasteiger partial charge on any atom is -0.273 e. The highest BCUT2D eigenvalue weighted by Gasteiger charge is 2.51. The summed E-state index contributed by atoms with van der Waals surface area (Å²) in [6, 6.07) is 17.7. The van der Waals surface area contributed by atoms with Crippen LogP contribution in [0.15, 0.2) is 66.2 Å². The lowest BCUT2D eigenvalue weighted by Gasteiger charge is -2.57. The molecule has 8 rings (SSSR count). The normalized spacial score (nSPS) is 27.5. The van der Waals surface area contributed by atoms with E-state index in [4.69, 9.17) is 0 Å². The van der Waals surface area contributed by atoms with Gasteiger partial charge in [0.25, 0.3) is 17.7 Å². The Labute approximate surface area is 244 Å². The predicted molar refractivity (Wildman–Crippen MR) is 159 cm³/mol. The van der Waals surface area contributed by atoms with Crippen LogP contribution in [0.5, 0.6) is 0 Å². The molecule has 1 saturated heterocycles. The zero-order chi connectivity index (χ0) is 29.2. The number of nitrogens with zero attached hydrogens (tertiary/aromatic N) is 2. The SMILES string of the molecule is Cc1cc(/C=C2\C(=O)NC(=O)N(c3ccc(C45CC6CC(CC(C6)C4)C5)cc3)C2=O)c(C)n1NC(=O)c1ccccc1. The number of hydrogen-bond donors (Lipinski definition) is 2. The van der Waals surface area contributed by atoms with E-state index in [0.717, 1.165) is 28.3 Å². The zero-order valence-electron chi connectivity index (χ0n) is 23.9. The number of anilines is 1. The maximum absolute atomic E-state index is 13.6. The van der Waals surface area contributed by atoms with Crippen LogP contribution >= 0.6 is 0 Å². The highest BCUT2D eigenvalue weighted by Crippen LogP contribution is 2.60. The molecule has 1 aliphatic heterocycles. The van der Waals surface area contributed by atoms with Gasteiger partial charge in [0.15, 0.2) is 0 Å². The van der Waals surface area contributed by atoms with Gasteiger partial charge in [0.1, 0.15) is 5.57 Å². The third-order valence-electron chi connectivity index (χ3n) is 9.90. The number of carbonyl (C=O) groups excluding carboxylic acids is 4. The van der Waals surface area contributed by atoms with E-state index in [0.29, 0.717) is 22.5 Å². The van der Waals surface area contributed by atoms with E-state index in [2.05, 4.69) is 22.9 Å². The lowest BCUT2D eigenvalue weighted by molar-refractivity contribution is -0.122. The molecule has 214 valence electrons.